The van der Waals surface area contributed by atoms with Gasteiger partial charge in [-0.15, -0.1) is 5.10 Å². The maximum Gasteiger partial charge on any atom is 0.282 e. The molecule has 37 heavy (non-hydrogen) atoms. The van der Waals surface area contributed by atoms with Gasteiger partial charge in [0.15, 0.2) is 15.5 Å². The minimum Gasteiger partial charge on any atom is -0.231 e. The lowest BCUT2D eigenvalue weighted by atomic mass is 10.1. The van der Waals surface area contributed by atoms with E-state index in [0.717, 1.165) is 70.6 Å². The Morgan fingerprint density at radius 2 is 1.70 bits per heavy atom. The van der Waals surface area contributed by atoms with Gasteiger partial charge in [0, 0.05) is 24.5 Å². The van der Waals surface area contributed by atoms with Crippen LogP contribution in [-0.2, 0) is 18.5 Å². The number of halogens is 4. The third-order valence-electron chi connectivity index (χ3n) is 6.87. The number of aryl methyl sites for hydroxylation is 4. The first-order valence-electron chi connectivity index (χ1n) is 11.8. The third kappa shape index (κ3) is 4.21. The highest BCUT2D eigenvalue weighted by Crippen LogP contribution is 2.34. The molecule has 0 bridgehead atoms. The number of aromatic nitrogens is 8. The van der Waals surface area contributed by atoms with Crippen LogP contribution in [0.1, 0.15) is 49.1 Å². The van der Waals surface area contributed by atoms with Crippen LogP contribution in [0.25, 0.3) is 11.4 Å². The first-order valence-corrected chi connectivity index (χ1v) is 14.9. The Labute approximate surface area is 250 Å². The standard InChI is InChI=1S/C23H26Br2ClIN10/c1-7-15-9-17(24)29-34(15)19-14(5)36(32-22(19)26)37-23(6,33-11-12(3)13(4)28-33)20(21(25)31-37)35-16(8-2)10-18(27)30-35/h9-11,31H,7-8H2,1-6H3/p+1. The number of nitrogens with one attached hydrogen (secondary N) is 2. The molecule has 2 atom stereocenters. The van der Waals surface area contributed by atoms with Gasteiger partial charge in [-0.3, -0.25) is 0 Å². The molecule has 4 aromatic heterocycles. The maximum absolute atomic E-state index is 6.80. The predicted molar refractivity (Wildman–Crippen MR) is 157 cm³/mol. The van der Waals surface area contributed by atoms with E-state index in [0.29, 0.717) is 5.15 Å². The molecule has 0 amide bonds. The van der Waals surface area contributed by atoms with E-state index >= 15 is 0 Å². The van der Waals surface area contributed by atoms with Crippen LogP contribution in [0.2, 0.25) is 5.15 Å². The molecule has 5 heterocycles. The summed E-state index contributed by atoms with van der Waals surface area (Å²) in [5.74, 6) is 0. The average Bonchev–Trinajstić information content (AvgIpc) is 3.61. The van der Waals surface area contributed by atoms with Crippen molar-refractivity contribution in [2.75, 3.05) is 0 Å². The van der Waals surface area contributed by atoms with Crippen molar-refractivity contribution >= 4 is 71.7 Å². The van der Waals surface area contributed by atoms with E-state index in [4.69, 9.17) is 26.9 Å². The summed E-state index contributed by atoms with van der Waals surface area (Å²) in [7, 11) is 0. The predicted octanol–water partition coefficient (Wildman–Crippen LogP) is 4.29. The first-order chi connectivity index (χ1) is 17.5. The van der Waals surface area contributed by atoms with Gasteiger partial charge in [-0.2, -0.15) is 15.3 Å². The molecule has 0 aromatic carbocycles. The van der Waals surface area contributed by atoms with Crippen LogP contribution in [0.4, 0.5) is 0 Å². The number of hydrogen-bond donors (Lipinski definition) is 2. The zero-order valence-corrected chi connectivity index (χ0v) is 27.3. The highest BCUT2D eigenvalue weighted by Gasteiger charge is 2.55. The topological polar surface area (TPSA) is 87.8 Å². The lowest BCUT2D eigenvalue weighted by Gasteiger charge is -2.32. The minimum atomic E-state index is -0.799. The fourth-order valence-corrected chi connectivity index (χ4v) is 6.78. The van der Waals surface area contributed by atoms with Gasteiger partial charge in [0.2, 0.25) is 0 Å². The molecule has 0 radical (unpaired) electrons. The molecular formula is C23H27Br2ClIN10+. The Morgan fingerprint density at radius 3 is 2.32 bits per heavy atom. The molecule has 4 aromatic rings. The van der Waals surface area contributed by atoms with Crippen molar-refractivity contribution in [3.63, 3.8) is 0 Å². The summed E-state index contributed by atoms with van der Waals surface area (Å²) in [5, 5.41) is 20.4. The Kier molecular flexibility index (Phi) is 7.13. The van der Waals surface area contributed by atoms with Crippen molar-refractivity contribution in [3.05, 3.63) is 64.7 Å². The summed E-state index contributed by atoms with van der Waals surface area (Å²) in [5.41, 5.74) is 9.42. The maximum atomic E-state index is 6.80. The molecule has 0 saturated carbocycles. The highest BCUT2D eigenvalue weighted by atomic mass is 127. The average molecular weight is 766 g/mol. The van der Waals surface area contributed by atoms with Crippen LogP contribution in [-0.4, -0.2) is 39.2 Å². The van der Waals surface area contributed by atoms with Crippen molar-refractivity contribution in [3.8, 4) is 5.69 Å². The molecule has 0 spiro atoms. The molecule has 0 fully saturated rings. The third-order valence-corrected chi connectivity index (χ3v) is 8.61. The van der Waals surface area contributed by atoms with E-state index in [-0.39, 0.29) is 0 Å². The number of quaternary nitrogens is 1. The summed E-state index contributed by atoms with van der Waals surface area (Å²) >= 11 is 16.4. The van der Waals surface area contributed by atoms with Crippen molar-refractivity contribution in [2.45, 2.75) is 60.0 Å². The van der Waals surface area contributed by atoms with E-state index in [1.165, 1.54) is 0 Å². The molecule has 2 N–H and O–H groups in total. The number of nitrogens with zero attached hydrogens (tertiary/aromatic N) is 8. The van der Waals surface area contributed by atoms with Gasteiger partial charge in [-0.25, -0.2) is 19.5 Å². The smallest absolute Gasteiger partial charge is 0.231 e. The molecule has 2 unspecified atom stereocenters. The number of hydrogen-bond acceptors (Lipinski definition) is 5. The Bertz CT molecular complexity index is 1530. The Balaban J connectivity index is 1.74. The Hall–Kier alpha value is -1.68. The van der Waals surface area contributed by atoms with E-state index in [2.05, 4.69) is 105 Å². The summed E-state index contributed by atoms with van der Waals surface area (Å²) in [4.78, 5) is 1.85. The lowest BCUT2D eigenvalue weighted by Crippen LogP contribution is -3.25. The molecule has 0 aliphatic carbocycles. The molecule has 10 nitrogen and oxygen atoms in total. The molecule has 0 saturated heterocycles. The van der Waals surface area contributed by atoms with Gasteiger partial charge in [0.25, 0.3) is 5.66 Å². The molecule has 1 aliphatic heterocycles. The fourth-order valence-electron chi connectivity index (χ4n) is 4.74. The van der Waals surface area contributed by atoms with Crippen molar-refractivity contribution < 1.29 is 5.12 Å². The summed E-state index contributed by atoms with van der Waals surface area (Å²) in [6.45, 7) is 12.4. The quantitative estimate of drug-likeness (QED) is 0.226. The normalized spacial score (nSPS) is 19.8. The van der Waals surface area contributed by atoms with Gasteiger partial charge in [0.1, 0.15) is 19.7 Å². The molecule has 196 valence electrons. The van der Waals surface area contributed by atoms with Crippen LogP contribution in [0, 0.1) is 24.5 Å². The summed E-state index contributed by atoms with van der Waals surface area (Å²) in [6.07, 6.45) is 3.68. The largest absolute Gasteiger partial charge is 0.282 e. The van der Waals surface area contributed by atoms with Gasteiger partial charge in [0.05, 0.1) is 5.69 Å². The van der Waals surface area contributed by atoms with Crippen LogP contribution in [0.15, 0.2) is 27.5 Å². The van der Waals surface area contributed by atoms with E-state index in [1.807, 2.05) is 38.8 Å². The number of rotatable bonds is 6. The van der Waals surface area contributed by atoms with Crippen LogP contribution in [0.5, 0.6) is 0 Å². The highest BCUT2D eigenvalue weighted by molar-refractivity contribution is 14.1. The van der Waals surface area contributed by atoms with Gasteiger partial charge in [-0.05, 0) is 106 Å². The summed E-state index contributed by atoms with van der Waals surface area (Å²) < 4.78 is 8.29. The van der Waals surface area contributed by atoms with Crippen molar-refractivity contribution in [1.82, 2.24) is 44.7 Å². The van der Waals surface area contributed by atoms with Gasteiger partial charge in [-0.1, -0.05) is 35.4 Å². The second kappa shape index (κ2) is 9.81. The fraction of sp³-hybridized carbons (Fsp3) is 0.391. The van der Waals surface area contributed by atoms with Gasteiger partial charge < -0.3 is 0 Å². The van der Waals surface area contributed by atoms with Crippen molar-refractivity contribution in [1.29, 1.82) is 0 Å². The molecule has 1 aliphatic rings. The Morgan fingerprint density at radius 1 is 1.03 bits per heavy atom. The van der Waals surface area contributed by atoms with Crippen LogP contribution >= 0.6 is 66.1 Å². The minimum absolute atomic E-state index is 0.361. The SMILES string of the molecule is CCc1cc(I)nn1C1=C(Br)N[NH+](n2nc(Cl)c(-n3nc(Br)cc3CC)c2C)C1(C)n1cc(C)c(C)n1. The molecular weight excluding hydrogens is 738 g/mol. The van der Waals surface area contributed by atoms with Gasteiger partial charge >= 0.3 is 0 Å². The van der Waals surface area contributed by atoms with Crippen LogP contribution in [0.3, 0.4) is 0 Å². The van der Waals surface area contributed by atoms with E-state index < -0.39 is 5.66 Å². The zero-order valence-electron chi connectivity index (χ0n) is 21.2. The van der Waals surface area contributed by atoms with Crippen molar-refractivity contribution in [2.24, 2.45) is 0 Å². The second-order valence-corrected chi connectivity index (χ2v) is 12.2. The molecule has 5 rings (SSSR count). The summed E-state index contributed by atoms with van der Waals surface area (Å²) in [6, 6.07) is 4.09. The second-order valence-electron chi connectivity index (χ2n) is 9.13. The van der Waals surface area contributed by atoms with Crippen LogP contribution < -0.4 is 10.5 Å². The molecule has 14 heteroatoms. The first kappa shape index (κ1) is 26.9. The van der Waals surface area contributed by atoms with E-state index in [1.54, 1.807) is 0 Å². The monoisotopic (exact) mass is 763 g/mol. The zero-order chi connectivity index (χ0) is 26.8. The lowest BCUT2D eigenvalue weighted by molar-refractivity contribution is -1.04. The van der Waals surface area contributed by atoms with E-state index in [9.17, 15) is 0 Å².